The number of hydrogen-bond donors (Lipinski definition) is 1. The Morgan fingerprint density at radius 1 is 1.21 bits per heavy atom. The molecule has 0 unspecified atom stereocenters. The third kappa shape index (κ3) is 3.14. The van der Waals surface area contributed by atoms with Crippen molar-refractivity contribution in [1.29, 1.82) is 0 Å². The van der Waals surface area contributed by atoms with Gasteiger partial charge in [-0.25, -0.2) is 4.98 Å². The van der Waals surface area contributed by atoms with Gasteiger partial charge in [-0.15, -0.1) is 5.10 Å². The maximum atomic E-state index is 12.8. The van der Waals surface area contributed by atoms with E-state index in [2.05, 4.69) is 36.3 Å². The van der Waals surface area contributed by atoms with E-state index in [1.807, 2.05) is 0 Å². The van der Waals surface area contributed by atoms with Crippen molar-refractivity contribution in [3.8, 4) is 5.75 Å². The minimum absolute atomic E-state index is 0.131. The van der Waals surface area contributed by atoms with E-state index in [1.54, 1.807) is 31.2 Å². The van der Waals surface area contributed by atoms with Gasteiger partial charge < -0.3 is 10.1 Å². The molecule has 0 saturated carbocycles. The van der Waals surface area contributed by atoms with Crippen LogP contribution in [0.1, 0.15) is 11.5 Å². The molecule has 6 nitrogen and oxygen atoms in total. The number of rotatable bonds is 3. The molecule has 0 amide bonds. The fourth-order valence-electron chi connectivity index (χ4n) is 2.08. The molecule has 0 spiro atoms. The molecule has 0 aliphatic carbocycles. The highest BCUT2D eigenvalue weighted by Gasteiger charge is 2.36. The maximum absolute atomic E-state index is 12.8. The van der Waals surface area contributed by atoms with Gasteiger partial charge >= 0.3 is 6.18 Å². The Morgan fingerprint density at radius 2 is 1.96 bits per heavy atom. The molecule has 0 aliphatic heterocycles. The second kappa shape index (κ2) is 5.93. The number of fused-ring (bicyclic) bond motifs is 1. The Bertz CT molecular complexity index is 909. The van der Waals surface area contributed by atoms with Crippen molar-refractivity contribution >= 4 is 33.2 Å². The lowest BCUT2D eigenvalue weighted by atomic mass is 10.3. The fourth-order valence-corrected chi connectivity index (χ4v) is 2.49. The van der Waals surface area contributed by atoms with Crippen LogP contribution >= 0.6 is 15.9 Å². The first-order valence-corrected chi connectivity index (χ1v) is 7.49. The normalized spacial score (nSPS) is 11.8. The number of nitrogens with zero attached hydrogens (tertiary/aromatic N) is 4. The third-order valence-corrected chi connectivity index (χ3v) is 3.77. The summed E-state index contributed by atoms with van der Waals surface area (Å²) in [5, 5.41) is 6.50. The van der Waals surface area contributed by atoms with Gasteiger partial charge in [0.2, 0.25) is 0 Å². The average molecular weight is 402 g/mol. The van der Waals surface area contributed by atoms with Crippen LogP contribution in [0.15, 0.2) is 28.7 Å². The topological polar surface area (TPSA) is 64.3 Å². The summed E-state index contributed by atoms with van der Waals surface area (Å²) in [4.78, 5) is 7.42. The van der Waals surface area contributed by atoms with Gasteiger partial charge in [0.1, 0.15) is 11.6 Å². The molecular weight excluding hydrogens is 391 g/mol. The Hall–Kier alpha value is -2.36. The monoisotopic (exact) mass is 401 g/mol. The summed E-state index contributed by atoms with van der Waals surface area (Å²) in [5.41, 5.74) is 1.13. The van der Waals surface area contributed by atoms with Crippen molar-refractivity contribution in [2.24, 2.45) is 0 Å². The smallest absolute Gasteiger partial charge is 0.453 e. The van der Waals surface area contributed by atoms with E-state index in [9.17, 15) is 13.2 Å². The second-order valence-electron chi connectivity index (χ2n) is 4.90. The number of aromatic nitrogens is 4. The van der Waals surface area contributed by atoms with Crippen molar-refractivity contribution < 1.29 is 17.9 Å². The summed E-state index contributed by atoms with van der Waals surface area (Å²) < 4.78 is 45.4. The van der Waals surface area contributed by atoms with Gasteiger partial charge in [0.05, 0.1) is 11.6 Å². The Labute approximate surface area is 142 Å². The highest BCUT2D eigenvalue weighted by Crippen LogP contribution is 2.30. The van der Waals surface area contributed by atoms with Crippen LogP contribution < -0.4 is 10.1 Å². The van der Waals surface area contributed by atoms with E-state index in [-0.39, 0.29) is 5.78 Å². The van der Waals surface area contributed by atoms with Crippen molar-refractivity contribution in [2.75, 3.05) is 12.4 Å². The number of hydrogen-bond acceptors (Lipinski definition) is 5. The van der Waals surface area contributed by atoms with Gasteiger partial charge in [-0.05, 0) is 35.0 Å². The van der Waals surface area contributed by atoms with Gasteiger partial charge in [0.25, 0.3) is 11.6 Å². The molecule has 2 aromatic heterocycles. The molecule has 0 bridgehead atoms. The molecule has 0 fully saturated rings. The van der Waals surface area contributed by atoms with Crippen molar-refractivity contribution in [3.05, 3.63) is 40.3 Å². The highest BCUT2D eigenvalue weighted by molar-refractivity contribution is 9.10. The molecule has 2 heterocycles. The standard InChI is InChI=1S/C14H11BrF3N5O/c1-7-5-11(20-8-3-4-9(15)10(6-8)24-2)23-13(19-7)21-12(22-23)14(16,17)18/h3-6,20H,1-2H3. The Balaban J connectivity index is 2.07. The zero-order valence-corrected chi connectivity index (χ0v) is 14.1. The van der Waals surface area contributed by atoms with E-state index >= 15 is 0 Å². The van der Waals surface area contributed by atoms with Crippen molar-refractivity contribution in [3.63, 3.8) is 0 Å². The number of anilines is 2. The van der Waals surface area contributed by atoms with E-state index < -0.39 is 12.0 Å². The van der Waals surface area contributed by atoms with E-state index in [4.69, 9.17) is 4.74 Å². The SMILES string of the molecule is COc1cc(Nc2cc(C)nc3nc(C(F)(F)F)nn23)ccc1Br. The van der Waals surface area contributed by atoms with Crippen LogP contribution in [-0.4, -0.2) is 26.7 Å². The Kier molecular flexibility index (Phi) is 4.08. The molecule has 126 valence electrons. The average Bonchev–Trinajstić information content (AvgIpc) is 2.93. The van der Waals surface area contributed by atoms with Crippen LogP contribution in [0.3, 0.4) is 0 Å². The lowest BCUT2D eigenvalue weighted by Crippen LogP contribution is -2.08. The number of methoxy groups -OCH3 is 1. The van der Waals surface area contributed by atoms with Crippen LogP contribution in [0.5, 0.6) is 5.75 Å². The van der Waals surface area contributed by atoms with Crippen LogP contribution in [0.2, 0.25) is 0 Å². The van der Waals surface area contributed by atoms with E-state index in [0.717, 1.165) is 8.99 Å². The Morgan fingerprint density at radius 3 is 2.62 bits per heavy atom. The number of nitrogens with one attached hydrogen (secondary N) is 1. The molecule has 1 N–H and O–H groups in total. The molecule has 0 radical (unpaired) electrons. The molecule has 0 aliphatic rings. The molecular formula is C14H11BrF3N5O. The molecule has 24 heavy (non-hydrogen) atoms. The first-order valence-electron chi connectivity index (χ1n) is 6.70. The van der Waals surface area contributed by atoms with Gasteiger partial charge in [-0.3, -0.25) is 0 Å². The number of halogens is 4. The number of aryl methyl sites for hydroxylation is 1. The summed E-state index contributed by atoms with van der Waals surface area (Å²) in [6.07, 6.45) is -4.64. The lowest BCUT2D eigenvalue weighted by molar-refractivity contribution is -0.144. The summed E-state index contributed by atoms with van der Waals surface area (Å²) in [6, 6.07) is 6.79. The van der Waals surface area contributed by atoms with Crippen LogP contribution in [-0.2, 0) is 6.18 Å². The zero-order chi connectivity index (χ0) is 17.5. The summed E-state index contributed by atoms with van der Waals surface area (Å²) in [7, 11) is 1.52. The predicted octanol–water partition coefficient (Wildman–Crippen LogP) is 3.97. The first-order chi connectivity index (χ1) is 11.3. The second-order valence-corrected chi connectivity index (χ2v) is 5.76. The number of alkyl halides is 3. The van der Waals surface area contributed by atoms with Gasteiger partial charge in [0, 0.05) is 23.5 Å². The molecule has 1 aromatic carbocycles. The zero-order valence-electron chi connectivity index (χ0n) is 12.5. The number of ether oxygens (including phenoxy) is 1. The fraction of sp³-hybridized carbons (Fsp3) is 0.214. The van der Waals surface area contributed by atoms with Gasteiger partial charge in [-0.1, -0.05) is 0 Å². The largest absolute Gasteiger partial charge is 0.495 e. The summed E-state index contributed by atoms with van der Waals surface area (Å²) in [5.74, 6) is -0.479. The third-order valence-electron chi connectivity index (χ3n) is 3.12. The summed E-state index contributed by atoms with van der Waals surface area (Å²) >= 11 is 3.34. The van der Waals surface area contributed by atoms with Crippen molar-refractivity contribution in [2.45, 2.75) is 13.1 Å². The predicted molar refractivity (Wildman–Crippen MR) is 84.5 cm³/mol. The maximum Gasteiger partial charge on any atom is 0.453 e. The molecule has 0 saturated heterocycles. The minimum Gasteiger partial charge on any atom is -0.495 e. The highest BCUT2D eigenvalue weighted by atomic mass is 79.9. The van der Waals surface area contributed by atoms with E-state index in [0.29, 0.717) is 22.9 Å². The van der Waals surface area contributed by atoms with Crippen LogP contribution in [0.4, 0.5) is 24.7 Å². The van der Waals surface area contributed by atoms with Gasteiger partial charge in [-0.2, -0.15) is 22.7 Å². The molecule has 3 rings (SSSR count). The van der Waals surface area contributed by atoms with Crippen molar-refractivity contribution in [1.82, 2.24) is 19.6 Å². The number of benzene rings is 1. The first kappa shape index (κ1) is 16.5. The quantitative estimate of drug-likeness (QED) is 0.719. The molecule has 3 aromatic rings. The minimum atomic E-state index is -4.64. The molecule has 10 heteroatoms. The van der Waals surface area contributed by atoms with Crippen LogP contribution in [0, 0.1) is 6.92 Å². The van der Waals surface area contributed by atoms with Gasteiger partial charge in [0.15, 0.2) is 0 Å². The molecule has 0 atom stereocenters. The summed E-state index contributed by atoms with van der Waals surface area (Å²) in [6.45, 7) is 1.66. The van der Waals surface area contributed by atoms with Crippen LogP contribution in [0.25, 0.3) is 5.78 Å². The lowest BCUT2D eigenvalue weighted by Gasteiger charge is -2.10. The van der Waals surface area contributed by atoms with E-state index in [1.165, 1.54) is 7.11 Å².